The quantitative estimate of drug-likeness (QED) is 0.889. The Hall–Kier alpha value is -2.33. The Labute approximate surface area is 131 Å². The SMILES string of the molecule is COc1ccc(NC(=O)CN(C)[C@@H](C)c2ccccc2)cc1. The van der Waals surface area contributed by atoms with Crippen LogP contribution in [0, 0.1) is 0 Å². The summed E-state index contributed by atoms with van der Waals surface area (Å²) in [7, 11) is 3.57. The summed E-state index contributed by atoms with van der Waals surface area (Å²) in [4.78, 5) is 14.2. The summed E-state index contributed by atoms with van der Waals surface area (Å²) in [6, 6.07) is 17.7. The lowest BCUT2D eigenvalue weighted by Gasteiger charge is -2.24. The van der Waals surface area contributed by atoms with Crippen LogP contribution in [0.4, 0.5) is 5.69 Å². The second-order valence-corrected chi connectivity index (χ2v) is 5.28. The number of methoxy groups -OCH3 is 1. The molecule has 0 radical (unpaired) electrons. The first-order chi connectivity index (χ1) is 10.6. The molecule has 0 aliphatic carbocycles. The summed E-state index contributed by atoms with van der Waals surface area (Å²) in [5, 5.41) is 2.89. The van der Waals surface area contributed by atoms with Crippen LogP contribution in [0.1, 0.15) is 18.5 Å². The molecular weight excluding hydrogens is 276 g/mol. The molecular formula is C18H22N2O2. The van der Waals surface area contributed by atoms with Crippen LogP contribution in [-0.2, 0) is 4.79 Å². The minimum atomic E-state index is -0.0320. The molecule has 1 amide bonds. The number of hydrogen-bond donors (Lipinski definition) is 1. The molecule has 0 heterocycles. The van der Waals surface area contributed by atoms with E-state index in [0.717, 1.165) is 11.4 Å². The molecule has 0 unspecified atom stereocenters. The smallest absolute Gasteiger partial charge is 0.238 e. The van der Waals surface area contributed by atoms with Crippen LogP contribution in [0.5, 0.6) is 5.75 Å². The van der Waals surface area contributed by atoms with Gasteiger partial charge in [-0.25, -0.2) is 0 Å². The van der Waals surface area contributed by atoms with Crippen LogP contribution in [0.25, 0.3) is 0 Å². The van der Waals surface area contributed by atoms with E-state index in [4.69, 9.17) is 4.74 Å². The average Bonchev–Trinajstić information content (AvgIpc) is 2.55. The van der Waals surface area contributed by atoms with Crippen molar-refractivity contribution in [1.29, 1.82) is 0 Å². The molecule has 0 saturated heterocycles. The van der Waals surface area contributed by atoms with Crippen molar-refractivity contribution in [3.05, 3.63) is 60.2 Å². The summed E-state index contributed by atoms with van der Waals surface area (Å²) >= 11 is 0. The fourth-order valence-electron chi connectivity index (χ4n) is 2.22. The predicted molar refractivity (Wildman–Crippen MR) is 89.1 cm³/mol. The lowest BCUT2D eigenvalue weighted by Crippen LogP contribution is -2.32. The van der Waals surface area contributed by atoms with Crippen molar-refractivity contribution in [2.45, 2.75) is 13.0 Å². The van der Waals surface area contributed by atoms with Crippen molar-refractivity contribution < 1.29 is 9.53 Å². The number of rotatable bonds is 6. The van der Waals surface area contributed by atoms with Gasteiger partial charge in [-0.1, -0.05) is 30.3 Å². The van der Waals surface area contributed by atoms with Gasteiger partial charge in [-0.15, -0.1) is 0 Å². The third kappa shape index (κ3) is 4.33. The van der Waals surface area contributed by atoms with E-state index in [2.05, 4.69) is 24.4 Å². The largest absolute Gasteiger partial charge is 0.497 e. The topological polar surface area (TPSA) is 41.6 Å². The number of nitrogens with zero attached hydrogens (tertiary/aromatic N) is 1. The monoisotopic (exact) mass is 298 g/mol. The van der Waals surface area contributed by atoms with Crippen LogP contribution in [0.3, 0.4) is 0 Å². The molecule has 0 saturated carbocycles. The van der Waals surface area contributed by atoms with E-state index in [1.165, 1.54) is 5.56 Å². The van der Waals surface area contributed by atoms with Gasteiger partial charge in [0.1, 0.15) is 5.75 Å². The molecule has 0 aromatic heterocycles. The number of carbonyl (C=O) groups is 1. The molecule has 22 heavy (non-hydrogen) atoms. The van der Waals surface area contributed by atoms with Crippen molar-refractivity contribution in [1.82, 2.24) is 4.90 Å². The number of hydrogen-bond acceptors (Lipinski definition) is 3. The van der Waals surface area contributed by atoms with Gasteiger partial charge in [-0.05, 0) is 43.8 Å². The molecule has 0 aliphatic heterocycles. The summed E-state index contributed by atoms with van der Waals surface area (Å²) in [5.41, 5.74) is 1.97. The fourth-order valence-corrected chi connectivity index (χ4v) is 2.22. The number of ether oxygens (including phenoxy) is 1. The Morgan fingerprint density at radius 3 is 2.36 bits per heavy atom. The van der Waals surface area contributed by atoms with Gasteiger partial charge < -0.3 is 10.1 Å². The van der Waals surface area contributed by atoms with E-state index < -0.39 is 0 Å². The maximum absolute atomic E-state index is 12.1. The van der Waals surface area contributed by atoms with Crippen LogP contribution in [0.2, 0.25) is 0 Å². The highest BCUT2D eigenvalue weighted by molar-refractivity contribution is 5.92. The summed E-state index contributed by atoms with van der Waals surface area (Å²) in [6.45, 7) is 2.43. The molecule has 2 aromatic rings. The summed E-state index contributed by atoms with van der Waals surface area (Å²) in [6.07, 6.45) is 0. The van der Waals surface area contributed by atoms with Crippen LogP contribution < -0.4 is 10.1 Å². The third-order valence-corrected chi connectivity index (χ3v) is 3.71. The van der Waals surface area contributed by atoms with Gasteiger partial charge in [0, 0.05) is 11.7 Å². The van der Waals surface area contributed by atoms with Crippen molar-refractivity contribution in [3.63, 3.8) is 0 Å². The second-order valence-electron chi connectivity index (χ2n) is 5.28. The fraction of sp³-hybridized carbons (Fsp3) is 0.278. The molecule has 4 nitrogen and oxygen atoms in total. The van der Waals surface area contributed by atoms with Crippen LogP contribution in [-0.4, -0.2) is 31.5 Å². The highest BCUT2D eigenvalue weighted by atomic mass is 16.5. The van der Waals surface area contributed by atoms with E-state index in [1.807, 2.05) is 54.4 Å². The number of carbonyl (C=O) groups excluding carboxylic acids is 1. The van der Waals surface area contributed by atoms with Gasteiger partial charge in [-0.3, -0.25) is 9.69 Å². The Kier molecular flexibility index (Phi) is 5.55. The highest BCUT2D eigenvalue weighted by Gasteiger charge is 2.14. The van der Waals surface area contributed by atoms with Crippen molar-refractivity contribution in [2.75, 3.05) is 26.0 Å². The highest BCUT2D eigenvalue weighted by Crippen LogP contribution is 2.18. The van der Waals surface area contributed by atoms with Crippen molar-refractivity contribution in [3.8, 4) is 5.75 Å². The third-order valence-electron chi connectivity index (χ3n) is 3.71. The first-order valence-electron chi connectivity index (χ1n) is 7.29. The zero-order valence-electron chi connectivity index (χ0n) is 13.2. The summed E-state index contributed by atoms with van der Waals surface area (Å²) < 4.78 is 5.10. The molecule has 2 aromatic carbocycles. The first kappa shape index (κ1) is 16.0. The van der Waals surface area contributed by atoms with Gasteiger partial charge >= 0.3 is 0 Å². The number of anilines is 1. The van der Waals surface area contributed by atoms with Crippen molar-refractivity contribution >= 4 is 11.6 Å². The van der Waals surface area contributed by atoms with E-state index in [0.29, 0.717) is 6.54 Å². The minimum Gasteiger partial charge on any atom is -0.497 e. The van der Waals surface area contributed by atoms with E-state index in [1.54, 1.807) is 7.11 Å². The van der Waals surface area contributed by atoms with Crippen LogP contribution >= 0.6 is 0 Å². The molecule has 1 N–H and O–H groups in total. The summed E-state index contributed by atoms with van der Waals surface area (Å²) in [5.74, 6) is 0.739. The number of benzene rings is 2. The second kappa shape index (κ2) is 7.61. The molecule has 1 atom stereocenters. The van der Waals surface area contributed by atoms with E-state index in [9.17, 15) is 4.79 Å². The average molecular weight is 298 g/mol. The van der Waals surface area contributed by atoms with Gasteiger partial charge in [0.25, 0.3) is 0 Å². The Morgan fingerprint density at radius 2 is 1.77 bits per heavy atom. The molecule has 0 aliphatic rings. The lowest BCUT2D eigenvalue weighted by molar-refractivity contribution is -0.117. The molecule has 116 valence electrons. The Bertz CT molecular complexity index is 596. The van der Waals surface area contributed by atoms with E-state index in [-0.39, 0.29) is 11.9 Å². The first-order valence-corrected chi connectivity index (χ1v) is 7.29. The van der Waals surface area contributed by atoms with Gasteiger partial charge in [0.2, 0.25) is 5.91 Å². The standard InChI is InChI=1S/C18H22N2O2/c1-14(15-7-5-4-6-8-15)20(2)13-18(21)19-16-9-11-17(22-3)12-10-16/h4-12,14H,13H2,1-3H3,(H,19,21)/t14-/m0/s1. The van der Waals surface area contributed by atoms with Crippen LogP contribution in [0.15, 0.2) is 54.6 Å². The molecule has 0 fully saturated rings. The van der Waals surface area contributed by atoms with Gasteiger partial charge in [0.05, 0.1) is 13.7 Å². The Balaban J connectivity index is 1.90. The minimum absolute atomic E-state index is 0.0320. The predicted octanol–water partition coefficient (Wildman–Crippen LogP) is 3.33. The van der Waals surface area contributed by atoms with Gasteiger partial charge in [0.15, 0.2) is 0 Å². The zero-order valence-corrected chi connectivity index (χ0v) is 13.2. The molecule has 0 bridgehead atoms. The maximum atomic E-state index is 12.1. The number of likely N-dealkylation sites (N-methyl/N-ethyl adjacent to an activating group) is 1. The van der Waals surface area contributed by atoms with Crippen molar-refractivity contribution in [2.24, 2.45) is 0 Å². The zero-order chi connectivity index (χ0) is 15.9. The van der Waals surface area contributed by atoms with E-state index >= 15 is 0 Å². The lowest BCUT2D eigenvalue weighted by atomic mass is 10.1. The van der Waals surface area contributed by atoms with Gasteiger partial charge in [-0.2, -0.15) is 0 Å². The normalized spacial score (nSPS) is 12.0. The maximum Gasteiger partial charge on any atom is 0.238 e. The molecule has 4 heteroatoms. The molecule has 2 rings (SSSR count). The number of nitrogens with one attached hydrogen (secondary N) is 1. The Morgan fingerprint density at radius 1 is 1.14 bits per heavy atom. The molecule has 0 spiro atoms. The number of amides is 1.